The number of carbonyl (C=O) groups is 1. The highest BCUT2D eigenvalue weighted by atomic mass is 32.2. The molecule has 0 aliphatic heterocycles. The van der Waals surface area contributed by atoms with Gasteiger partial charge in [-0.1, -0.05) is 0 Å². The van der Waals surface area contributed by atoms with Crippen LogP contribution in [0.5, 0.6) is 0 Å². The van der Waals surface area contributed by atoms with Gasteiger partial charge in [0, 0.05) is 12.7 Å². The van der Waals surface area contributed by atoms with Crippen molar-refractivity contribution >= 4 is 21.7 Å². The van der Waals surface area contributed by atoms with Gasteiger partial charge in [-0.25, -0.2) is 18.4 Å². The summed E-state index contributed by atoms with van der Waals surface area (Å²) in [4.78, 5) is 12.3. The van der Waals surface area contributed by atoms with Crippen molar-refractivity contribution in [2.45, 2.75) is 17.9 Å². The molecule has 0 aliphatic carbocycles. The number of benzene rings is 1. The molecule has 0 saturated heterocycles. The van der Waals surface area contributed by atoms with Gasteiger partial charge in [0.05, 0.1) is 4.90 Å². The molecule has 1 aromatic rings. The molecule has 0 heterocycles. The Morgan fingerprint density at radius 1 is 1.35 bits per heavy atom. The number of aliphatic carboxylic acids is 1. The minimum absolute atomic E-state index is 0.00220. The van der Waals surface area contributed by atoms with E-state index < -0.39 is 22.0 Å². The predicted molar refractivity (Wildman–Crippen MR) is 63.3 cm³/mol. The van der Waals surface area contributed by atoms with E-state index in [-0.39, 0.29) is 4.90 Å². The molecule has 1 aromatic carbocycles. The first kappa shape index (κ1) is 13.5. The van der Waals surface area contributed by atoms with Crippen molar-refractivity contribution in [3.63, 3.8) is 0 Å². The Bertz CT molecular complexity index is 510. The Labute approximate surface area is 99.7 Å². The average molecular weight is 258 g/mol. The topological polar surface area (TPSA) is 101 Å². The van der Waals surface area contributed by atoms with Gasteiger partial charge in [0.1, 0.15) is 6.04 Å². The van der Waals surface area contributed by atoms with Gasteiger partial charge in [0.15, 0.2) is 0 Å². The van der Waals surface area contributed by atoms with Gasteiger partial charge in [-0.2, -0.15) is 0 Å². The van der Waals surface area contributed by atoms with Crippen LogP contribution in [0.15, 0.2) is 29.2 Å². The monoisotopic (exact) mass is 258 g/mol. The molecule has 1 atom stereocenters. The third-order valence-corrected chi connectivity index (χ3v) is 3.44. The Hall–Kier alpha value is -1.60. The number of sulfonamides is 1. The molecular weight excluding hydrogens is 244 g/mol. The maximum absolute atomic E-state index is 11.0. The standard InChI is InChI=1S/C10H14N2O4S/c1-7(10(13)14)12(2)8-3-5-9(6-4-8)17(11,15)16/h3-7H,1-2H3,(H,13,14)(H2,11,15,16). The van der Waals surface area contributed by atoms with Crippen LogP contribution >= 0.6 is 0 Å². The molecule has 0 aliphatic rings. The van der Waals surface area contributed by atoms with Crippen molar-refractivity contribution in [1.29, 1.82) is 0 Å². The predicted octanol–water partition coefficient (Wildman–Crippen LogP) is 0.243. The average Bonchev–Trinajstić information content (AvgIpc) is 2.26. The molecule has 1 rings (SSSR count). The molecule has 0 spiro atoms. The number of carboxylic acids is 1. The summed E-state index contributed by atoms with van der Waals surface area (Å²) in [5.41, 5.74) is 0.604. The van der Waals surface area contributed by atoms with Gasteiger partial charge in [-0.15, -0.1) is 0 Å². The van der Waals surface area contributed by atoms with E-state index >= 15 is 0 Å². The van der Waals surface area contributed by atoms with Crippen LogP contribution in [0.4, 0.5) is 5.69 Å². The summed E-state index contributed by atoms with van der Waals surface area (Å²) in [6.45, 7) is 1.54. The van der Waals surface area contributed by atoms with Crippen molar-refractivity contribution in [3.8, 4) is 0 Å². The molecular formula is C10H14N2O4S. The SMILES string of the molecule is CC(C(=O)O)N(C)c1ccc(S(N)(=O)=O)cc1. The fraction of sp³-hybridized carbons (Fsp3) is 0.300. The largest absolute Gasteiger partial charge is 0.480 e. The molecule has 1 unspecified atom stereocenters. The Kier molecular flexibility index (Phi) is 3.74. The number of hydrogen-bond acceptors (Lipinski definition) is 4. The highest BCUT2D eigenvalue weighted by Gasteiger charge is 2.17. The number of nitrogens with two attached hydrogens (primary N) is 1. The normalized spacial score (nSPS) is 13.1. The number of nitrogens with zero attached hydrogens (tertiary/aromatic N) is 1. The van der Waals surface area contributed by atoms with E-state index in [4.69, 9.17) is 10.2 Å². The number of likely N-dealkylation sites (N-methyl/N-ethyl adjacent to an activating group) is 1. The zero-order valence-electron chi connectivity index (χ0n) is 9.49. The number of rotatable bonds is 4. The Morgan fingerprint density at radius 3 is 2.18 bits per heavy atom. The van der Waals surface area contributed by atoms with Crippen LogP contribution in [0.2, 0.25) is 0 Å². The molecule has 17 heavy (non-hydrogen) atoms. The van der Waals surface area contributed by atoms with Crippen LogP contribution < -0.4 is 10.0 Å². The van der Waals surface area contributed by atoms with Crippen LogP contribution in [-0.4, -0.2) is 32.6 Å². The number of anilines is 1. The van der Waals surface area contributed by atoms with Crippen LogP contribution in [0.25, 0.3) is 0 Å². The quantitative estimate of drug-likeness (QED) is 0.805. The van der Waals surface area contributed by atoms with Crippen molar-refractivity contribution in [3.05, 3.63) is 24.3 Å². The Morgan fingerprint density at radius 2 is 1.82 bits per heavy atom. The highest BCUT2D eigenvalue weighted by molar-refractivity contribution is 7.89. The lowest BCUT2D eigenvalue weighted by molar-refractivity contribution is -0.138. The molecule has 3 N–H and O–H groups in total. The maximum atomic E-state index is 11.0. The summed E-state index contributed by atoms with van der Waals surface area (Å²) < 4.78 is 22.1. The zero-order chi connectivity index (χ0) is 13.2. The van der Waals surface area contributed by atoms with Crippen molar-refractivity contribution in [1.82, 2.24) is 0 Å². The van der Waals surface area contributed by atoms with E-state index in [0.717, 1.165) is 0 Å². The van der Waals surface area contributed by atoms with Crippen LogP contribution in [-0.2, 0) is 14.8 Å². The summed E-state index contributed by atoms with van der Waals surface area (Å²) >= 11 is 0. The first-order valence-corrected chi connectivity index (χ1v) is 6.36. The second kappa shape index (κ2) is 4.72. The molecule has 0 radical (unpaired) electrons. The number of primary sulfonamides is 1. The molecule has 6 nitrogen and oxygen atoms in total. The molecule has 0 amide bonds. The first-order valence-electron chi connectivity index (χ1n) is 4.82. The summed E-state index contributed by atoms with van der Waals surface area (Å²) in [5, 5.41) is 13.8. The molecule has 7 heteroatoms. The second-order valence-corrected chi connectivity index (χ2v) is 5.23. The molecule has 0 fully saturated rings. The molecule has 94 valence electrons. The van der Waals surface area contributed by atoms with E-state index in [2.05, 4.69) is 0 Å². The molecule has 0 aromatic heterocycles. The van der Waals surface area contributed by atoms with Crippen molar-refractivity contribution in [2.24, 2.45) is 5.14 Å². The Balaban J connectivity index is 2.99. The fourth-order valence-electron chi connectivity index (χ4n) is 1.26. The van der Waals surface area contributed by atoms with Gasteiger partial charge >= 0.3 is 5.97 Å². The van der Waals surface area contributed by atoms with Crippen LogP contribution in [0, 0.1) is 0 Å². The van der Waals surface area contributed by atoms with Gasteiger partial charge in [-0.05, 0) is 31.2 Å². The van der Waals surface area contributed by atoms with Gasteiger partial charge in [0.25, 0.3) is 0 Å². The number of carboxylic acid groups (broad SMARTS) is 1. The van der Waals surface area contributed by atoms with E-state index in [0.29, 0.717) is 5.69 Å². The minimum atomic E-state index is -3.72. The highest BCUT2D eigenvalue weighted by Crippen LogP contribution is 2.18. The lowest BCUT2D eigenvalue weighted by Gasteiger charge is -2.23. The summed E-state index contributed by atoms with van der Waals surface area (Å²) in [5.74, 6) is -0.956. The van der Waals surface area contributed by atoms with E-state index in [1.165, 1.54) is 36.1 Å². The summed E-state index contributed by atoms with van der Waals surface area (Å²) in [7, 11) is -2.10. The van der Waals surface area contributed by atoms with Crippen molar-refractivity contribution < 1.29 is 18.3 Å². The molecule has 0 bridgehead atoms. The summed E-state index contributed by atoms with van der Waals surface area (Å²) in [6.07, 6.45) is 0. The lowest BCUT2D eigenvalue weighted by Crippen LogP contribution is -2.35. The fourth-order valence-corrected chi connectivity index (χ4v) is 1.78. The summed E-state index contributed by atoms with van der Waals surface area (Å²) in [6, 6.07) is 5.01. The first-order chi connectivity index (χ1) is 7.73. The third-order valence-electron chi connectivity index (χ3n) is 2.51. The maximum Gasteiger partial charge on any atom is 0.326 e. The number of hydrogen-bond donors (Lipinski definition) is 2. The second-order valence-electron chi connectivity index (χ2n) is 3.66. The van der Waals surface area contributed by atoms with Gasteiger partial charge in [0.2, 0.25) is 10.0 Å². The van der Waals surface area contributed by atoms with Crippen molar-refractivity contribution in [2.75, 3.05) is 11.9 Å². The smallest absolute Gasteiger partial charge is 0.326 e. The van der Waals surface area contributed by atoms with Gasteiger partial charge in [-0.3, -0.25) is 0 Å². The molecule has 0 saturated carbocycles. The lowest BCUT2D eigenvalue weighted by atomic mass is 10.2. The van der Waals surface area contributed by atoms with Gasteiger partial charge < -0.3 is 10.0 Å². The van der Waals surface area contributed by atoms with E-state index in [1.54, 1.807) is 7.05 Å². The van der Waals surface area contributed by atoms with E-state index in [1.807, 2.05) is 0 Å². The third kappa shape index (κ3) is 3.18. The van der Waals surface area contributed by atoms with E-state index in [9.17, 15) is 13.2 Å². The van der Waals surface area contributed by atoms with Crippen LogP contribution in [0.1, 0.15) is 6.92 Å². The van der Waals surface area contributed by atoms with Crippen LogP contribution in [0.3, 0.4) is 0 Å². The minimum Gasteiger partial charge on any atom is -0.480 e. The zero-order valence-corrected chi connectivity index (χ0v) is 10.3.